The standard InChI is InChI=1S/C9H22N2O/c1-4-6-10-7-5-8-12-11-9(2)3/h9-11H,4-8H2,1-3H3. The van der Waals surface area contributed by atoms with Crippen LogP contribution in [0.4, 0.5) is 0 Å². The minimum absolute atomic E-state index is 0.411. The maximum atomic E-state index is 5.19. The van der Waals surface area contributed by atoms with Crippen molar-refractivity contribution < 1.29 is 4.84 Å². The molecule has 3 heteroatoms. The first-order valence-corrected chi connectivity index (χ1v) is 4.85. The van der Waals surface area contributed by atoms with Crippen molar-refractivity contribution in [2.45, 2.75) is 39.7 Å². The molecule has 0 unspecified atom stereocenters. The van der Waals surface area contributed by atoms with Crippen molar-refractivity contribution in [1.29, 1.82) is 0 Å². The Morgan fingerprint density at radius 2 is 2.00 bits per heavy atom. The molecular formula is C9H22N2O. The molecule has 0 aliphatic heterocycles. The summed E-state index contributed by atoms with van der Waals surface area (Å²) >= 11 is 0. The van der Waals surface area contributed by atoms with Gasteiger partial charge in [-0.2, -0.15) is 0 Å². The van der Waals surface area contributed by atoms with E-state index in [9.17, 15) is 0 Å². The molecular weight excluding hydrogens is 152 g/mol. The highest BCUT2D eigenvalue weighted by molar-refractivity contribution is 4.45. The zero-order chi connectivity index (χ0) is 9.23. The van der Waals surface area contributed by atoms with Gasteiger partial charge in [-0.15, -0.1) is 0 Å². The number of rotatable bonds is 8. The average Bonchev–Trinajstić information content (AvgIpc) is 2.02. The van der Waals surface area contributed by atoms with E-state index in [1.54, 1.807) is 0 Å². The lowest BCUT2D eigenvalue weighted by atomic mass is 10.4. The summed E-state index contributed by atoms with van der Waals surface area (Å²) in [6.45, 7) is 9.24. The van der Waals surface area contributed by atoms with Crippen LogP contribution in [0.2, 0.25) is 0 Å². The first-order valence-electron chi connectivity index (χ1n) is 4.85. The number of nitrogens with one attached hydrogen (secondary N) is 2. The topological polar surface area (TPSA) is 33.3 Å². The molecule has 0 fully saturated rings. The second kappa shape index (κ2) is 8.97. The van der Waals surface area contributed by atoms with Crippen molar-refractivity contribution in [3.05, 3.63) is 0 Å². The Hall–Kier alpha value is -0.120. The smallest absolute Gasteiger partial charge is 0.0694 e. The van der Waals surface area contributed by atoms with Crippen LogP contribution < -0.4 is 10.8 Å². The summed E-state index contributed by atoms with van der Waals surface area (Å²) in [7, 11) is 0. The fraction of sp³-hybridized carbons (Fsp3) is 1.00. The van der Waals surface area contributed by atoms with Gasteiger partial charge in [-0.05, 0) is 39.8 Å². The van der Waals surface area contributed by atoms with Crippen LogP contribution in [-0.2, 0) is 4.84 Å². The molecule has 0 heterocycles. The first-order chi connectivity index (χ1) is 5.77. The van der Waals surface area contributed by atoms with Crippen molar-refractivity contribution in [2.75, 3.05) is 19.7 Å². The van der Waals surface area contributed by atoms with Gasteiger partial charge in [0.25, 0.3) is 0 Å². The predicted molar refractivity (Wildman–Crippen MR) is 52.0 cm³/mol. The molecule has 74 valence electrons. The first kappa shape index (κ1) is 11.9. The molecule has 0 radical (unpaired) electrons. The van der Waals surface area contributed by atoms with E-state index in [2.05, 4.69) is 31.6 Å². The minimum atomic E-state index is 0.411. The summed E-state index contributed by atoms with van der Waals surface area (Å²) in [4.78, 5) is 5.19. The average molecular weight is 174 g/mol. The highest BCUT2D eigenvalue weighted by Gasteiger charge is 1.91. The lowest BCUT2D eigenvalue weighted by molar-refractivity contribution is 0.0228. The second-order valence-corrected chi connectivity index (χ2v) is 3.22. The summed E-state index contributed by atoms with van der Waals surface area (Å²) in [5.74, 6) is 0. The summed E-state index contributed by atoms with van der Waals surface area (Å²) < 4.78 is 0. The monoisotopic (exact) mass is 174 g/mol. The quantitative estimate of drug-likeness (QED) is 0.430. The van der Waals surface area contributed by atoms with Gasteiger partial charge in [0.05, 0.1) is 6.61 Å². The van der Waals surface area contributed by atoms with Crippen molar-refractivity contribution >= 4 is 0 Å². The van der Waals surface area contributed by atoms with E-state index in [0.29, 0.717) is 6.04 Å². The molecule has 0 bridgehead atoms. The molecule has 12 heavy (non-hydrogen) atoms. The highest BCUT2D eigenvalue weighted by Crippen LogP contribution is 1.81. The minimum Gasteiger partial charge on any atom is -0.317 e. The molecule has 0 atom stereocenters. The van der Waals surface area contributed by atoms with E-state index >= 15 is 0 Å². The predicted octanol–water partition coefficient (Wildman–Crippen LogP) is 1.31. The summed E-state index contributed by atoms with van der Waals surface area (Å²) in [5.41, 5.74) is 2.91. The molecule has 0 aromatic carbocycles. The van der Waals surface area contributed by atoms with Crippen LogP contribution in [0, 0.1) is 0 Å². The van der Waals surface area contributed by atoms with Gasteiger partial charge >= 0.3 is 0 Å². The van der Waals surface area contributed by atoms with Gasteiger partial charge in [-0.3, -0.25) is 0 Å². The molecule has 2 N–H and O–H groups in total. The molecule has 0 saturated heterocycles. The Labute approximate surface area is 75.8 Å². The van der Waals surface area contributed by atoms with Gasteiger partial charge < -0.3 is 10.2 Å². The third-order valence-electron chi connectivity index (χ3n) is 1.35. The normalized spacial score (nSPS) is 11.0. The van der Waals surface area contributed by atoms with Gasteiger partial charge in [-0.1, -0.05) is 6.92 Å². The van der Waals surface area contributed by atoms with Crippen LogP contribution in [0.3, 0.4) is 0 Å². The second-order valence-electron chi connectivity index (χ2n) is 3.22. The highest BCUT2D eigenvalue weighted by atomic mass is 16.6. The molecule has 0 aromatic heterocycles. The van der Waals surface area contributed by atoms with Crippen LogP contribution in [0.1, 0.15) is 33.6 Å². The number of hydroxylamine groups is 1. The van der Waals surface area contributed by atoms with Crippen LogP contribution in [0.15, 0.2) is 0 Å². The number of hydrogen-bond donors (Lipinski definition) is 2. The van der Waals surface area contributed by atoms with E-state index < -0.39 is 0 Å². The fourth-order valence-corrected chi connectivity index (χ4v) is 0.797. The number of hydrogen-bond acceptors (Lipinski definition) is 3. The third kappa shape index (κ3) is 9.88. The van der Waals surface area contributed by atoms with Crippen molar-refractivity contribution in [2.24, 2.45) is 0 Å². The Balaban J connectivity index is 2.82. The van der Waals surface area contributed by atoms with Gasteiger partial charge in [0.15, 0.2) is 0 Å². The van der Waals surface area contributed by atoms with Crippen LogP contribution in [0.25, 0.3) is 0 Å². The summed E-state index contributed by atoms with van der Waals surface area (Å²) in [6, 6.07) is 0.411. The van der Waals surface area contributed by atoms with Crippen LogP contribution >= 0.6 is 0 Å². The molecule has 0 aromatic rings. The van der Waals surface area contributed by atoms with Crippen molar-refractivity contribution in [3.63, 3.8) is 0 Å². The van der Waals surface area contributed by atoms with E-state index in [0.717, 1.165) is 26.1 Å². The van der Waals surface area contributed by atoms with Gasteiger partial charge in [-0.25, -0.2) is 5.48 Å². The van der Waals surface area contributed by atoms with Gasteiger partial charge in [0.2, 0.25) is 0 Å². The van der Waals surface area contributed by atoms with Gasteiger partial charge in [0.1, 0.15) is 0 Å². The molecule has 0 aliphatic carbocycles. The van der Waals surface area contributed by atoms with E-state index in [1.807, 2.05) is 0 Å². The molecule has 0 amide bonds. The fourth-order valence-electron chi connectivity index (χ4n) is 0.797. The van der Waals surface area contributed by atoms with Crippen molar-refractivity contribution in [3.8, 4) is 0 Å². The zero-order valence-corrected chi connectivity index (χ0v) is 8.52. The molecule has 0 rings (SSSR count). The molecule has 3 nitrogen and oxygen atoms in total. The van der Waals surface area contributed by atoms with Crippen molar-refractivity contribution in [1.82, 2.24) is 10.8 Å². The summed E-state index contributed by atoms with van der Waals surface area (Å²) in [6.07, 6.45) is 2.27. The Morgan fingerprint density at radius 3 is 2.58 bits per heavy atom. The lowest BCUT2D eigenvalue weighted by Gasteiger charge is -2.08. The maximum absolute atomic E-state index is 5.19. The van der Waals surface area contributed by atoms with Crippen LogP contribution in [0.5, 0.6) is 0 Å². The molecule has 0 aliphatic rings. The molecule has 0 spiro atoms. The SMILES string of the molecule is CCCNCCCONC(C)C. The Morgan fingerprint density at radius 1 is 1.25 bits per heavy atom. The van der Waals surface area contributed by atoms with E-state index in [-0.39, 0.29) is 0 Å². The lowest BCUT2D eigenvalue weighted by Crippen LogP contribution is -2.25. The van der Waals surface area contributed by atoms with E-state index in [1.165, 1.54) is 6.42 Å². The Bertz CT molecular complexity index is 86.6. The van der Waals surface area contributed by atoms with Gasteiger partial charge in [0, 0.05) is 6.04 Å². The van der Waals surface area contributed by atoms with E-state index in [4.69, 9.17) is 4.84 Å². The Kier molecular flexibility index (Phi) is 8.88. The largest absolute Gasteiger partial charge is 0.317 e. The zero-order valence-electron chi connectivity index (χ0n) is 8.52. The summed E-state index contributed by atoms with van der Waals surface area (Å²) in [5, 5.41) is 3.32. The molecule has 0 saturated carbocycles. The maximum Gasteiger partial charge on any atom is 0.0694 e. The van der Waals surface area contributed by atoms with Crippen LogP contribution in [-0.4, -0.2) is 25.7 Å². The third-order valence-corrected chi connectivity index (χ3v) is 1.35.